The van der Waals surface area contributed by atoms with E-state index in [-0.39, 0.29) is 18.3 Å². The number of nitrogens with two attached hydrogens (primary N) is 1. The molecule has 0 saturated heterocycles. The second-order valence-electron chi connectivity index (χ2n) is 8.07. The van der Waals surface area contributed by atoms with Crippen LogP contribution in [0, 0.1) is 11.8 Å². The summed E-state index contributed by atoms with van der Waals surface area (Å²) in [6.07, 6.45) is 3.42. The molecule has 180 valence electrons. The van der Waals surface area contributed by atoms with Gasteiger partial charge in [-0.1, -0.05) is 34.1 Å². The third kappa shape index (κ3) is 7.93. The number of aromatic amines is 1. The smallest absolute Gasteiger partial charge is 0.328 e. The highest BCUT2D eigenvalue weighted by molar-refractivity contribution is 5.94. The number of aliphatic carboxylic acids is 1. The van der Waals surface area contributed by atoms with Crippen molar-refractivity contribution in [3.8, 4) is 0 Å². The van der Waals surface area contributed by atoms with Crippen molar-refractivity contribution in [1.82, 2.24) is 25.9 Å². The first-order chi connectivity index (χ1) is 15.0. The van der Waals surface area contributed by atoms with E-state index in [1.807, 2.05) is 6.92 Å². The van der Waals surface area contributed by atoms with Gasteiger partial charge in [-0.2, -0.15) is 0 Å². The first-order valence-corrected chi connectivity index (χ1v) is 10.5. The summed E-state index contributed by atoms with van der Waals surface area (Å²) in [6, 6.07) is -4.47. The summed E-state index contributed by atoms with van der Waals surface area (Å²) in [5, 5.41) is 25.7. The maximum absolute atomic E-state index is 13.1. The zero-order valence-corrected chi connectivity index (χ0v) is 18.8. The lowest BCUT2D eigenvalue weighted by Crippen LogP contribution is -2.59. The zero-order chi connectivity index (χ0) is 24.4. The molecule has 0 unspecified atom stereocenters. The molecule has 8 N–H and O–H groups in total. The van der Waals surface area contributed by atoms with Gasteiger partial charge in [0.2, 0.25) is 17.7 Å². The zero-order valence-electron chi connectivity index (χ0n) is 18.8. The first-order valence-electron chi connectivity index (χ1n) is 10.5. The number of rotatable bonds is 13. The first kappa shape index (κ1) is 27.0. The Morgan fingerprint density at radius 2 is 1.69 bits per heavy atom. The van der Waals surface area contributed by atoms with Gasteiger partial charge in [0.05, 0.1) is 19.0 Å². The number of nitrogens with zero attached hydrogens (tertiary/aromatic N) is 1. The van der Waals surface area contributed by atoms with Crippen LogP contribution in [0.3, 0.4) is 0 Å². The Balaban J connectivity index is 3.06. The van der Waals surface area contributed by atoms with Crippen molar-refractivity contribution in [1.29, 1.82) is 0 Å². The van der Waals surface area contributed by atoms with Crippen molar-refractivity contribution < 1.29 is 29.4 Å². The Morgan fingerprint density at radius 1 is 1.06 bits per heavy atom. The van der Waals surface area contributed by atoms with Gasteiger partial charge in [-0.25, -0.2) is 9.78 Å². The number of carbonyl (C=O) groups is 4. The second-order valence-corrected chi connectivity index (χ2v) is 8.07. The number of aromatic nitrogens is 2. The molecule has 1 rings (SSSR count). The number of H-pyrrole nitrogens is 1. The van der Waals surface area contributed by atoms with Crippen molar-refractivity contribution in [2.45, 2.75) is 64.7 Å². The fraction of sp³-hybridized carbons (Fsp3) is 0.650. The van der Waals surface area contributed by atoms with Crippen LogP contribution < -0.4 is 21.7 Å². The third-order valence-corrected chi connectivity index (χ3v) is 5.22. The van der Waals surface area contributed by atoms with E-state index in [4.69, 9.17) is 10.8 Å². The summed E-state index contributed by atoms with van der Waals surface area (Å²) < 4.78 is 0. The number of amides is 3. The maximum atomic E-state index is 13.1. The fourth-order valence-electron chi connectivity index (χ4n) is 2.80. The Labute approximate surface area is 186 Å². The predicted molar refractivity (Wildman–Crippen MR) is 115 cm³/mol. The average molecular weight is 455 g/mol. The number of hydrogen-bond acceptors (Lipinski definition) is 7. The Morgan fingerprint density at radius 3 is 2.16 bits per heavy atom. The molecule has 0 fully saturated rings. The van der Waals surface area contributed by atoms with Crippen LogP contribution in [0.1, 0.15) is 39.8 Å². The highest BCUT2D eigenvalue weighted by Gasteiger charge is 2.33. The lowest BCUT2D eigenvalue weighted by molar-refractivity contribution is -0.143. The van der Waals surface area contributed by atoms with Gasteiger partial charge in [0.25, 0.3) is 0 Å². The van der Waals surface area contributed by atoms with E-state index in [0.29, 0.717) is 12.1 Å². The molecular formula is C20H34N6O6. The summed E-state index contributed by atoms with van der Waals surface area (Å²) >= 11 is 0. The molecule has 32 heavy (non-hydrogen) atoms. The molecule has 12 nitrogen and oxygen atoms in total. The number of carboxylic acids is 1. The average Bonchev–Trinajstić information content (AvgIpc) is 3.26. The molecule has 0 saturated carbocycles. The summed E-state index contributed by atoms with van der Waals surface area (Å²) in [6.45, 7) is 6.39. The molecular weight excluding hydrogens is 420 g/mol. The molecule has 1 aromatic heterocycles. The lowest BCUT2D eigenvalue weighted by atomic mass is 9.96. The summed E-state index contributed by atoms with van der Waals surface area (Å²) in [4.78, 5) is 56.1. The van der Waals surface area contributed by atoms with Gasteiger partial charge in [0.15, 0.2) is 0 Å². The van der Waals surface area contributed by atoms with Crippen LogP contribution in [0.2, 0.25) is 0 Å². The molecule has 0 bridgehead atoms. The van der Waals surface area contributed by atoms with Gasteiger partial charge in [-0.15, -0.1) is 0 Å². The summed E-state index contributed by atoms with van der Waals surface area (Å²) in [5.41, 5.74) is 6.41. The highest BCUT2D eigenvalue weighted by Crippen LogP contribution is 2.11. The molecule has 12 heteroatoms. The van der Waals surface area contributed by atoms with Crippen LogP contribution in [-0.4, -0.2) is 74.6 Å². The van der Waals surface area contributed by atoms with Gasteiger partial charge >= 0.3 is 5.97 Å². The largest absolute Gasteiger partial charge is 0.480 e. The number of carbonyl (C=O) groups excluding carboxylic acids is 3. The Kier molecular flexibility index (Phi) is 10.8. The van der Waals surface area contributed by atoms with Crippen LogP contribution in [-0.2, 0) is 25.6 Å². The van der Waals surface area contributed by atoms with Crippen LogP contribution in [0.25, 0.3) is 0 Å². The maximum Gasteiger partial charge on any atom is 0.328 e. The molecule has 0 aliphatic rings. The quantitative estimate of drug-likeness (QED) is 0.187. The summed E-state index contributed by atoms with van der Waals surface area (Å²) in [5.74, 6) is -3.72. The van der Waals surface area contributed by atoms with Crippen LogP contribution in [0.5, 0.6) is 0 Å². The second kappa shape index (κ2) is 12.8. The van der Waals surface area contributed by atoms with E-state index in [9.17, 15) is 24.3 Å². The molecule has 0 aromatic carbocycles. The van der Waals surface area contributed by atoms with Gasteiger partial charge in [0, 0.05) is 18.3 Å². The molecule has 0 aliphatic carbocycles. The van der Waals surface area contributed by atoms with Crippen LogP contribution in [0.4, 0.5) is 0 Å². The van der Waals surface area contributed by atoms with Gasteiger partial charge < -0.3 is 36.9 Å². The van der Waals surface area contributed by atoms with Crippen molar-refractivity contribution in [3.05, 3.63) is 18.2 Å². The minimum Gasteiger partial charge on any atom is -0.480 e. The minimum atomic E-state index is -1.53. The normalized spacial score (nSPS) is 15.8. The van der Waals surface area contributed by atoms with E-state index < -0.39 is 54.5 Å². The van der Waals surface area contributed by atoms with Crippen molar-refractivity contribution >= 4 is 23.7 Å². The van der Waals surface area contributed by atoms with E-state index in [1.54, 1.807) is 20.8 Å². The lowest BCUT2D eigenvalue weighted by Gasteiger charge is -2.28. The number of imidazole rings is 1. The minimum absolute atomic E-state index is 0.0119. The van der Waals surface area contributed by atoms with Crippen molar-refractivity contribution in [2.24, 2.45) is 17.6 Å². The fourth-order valence-corrected chi connectivity index (χ4v) is 2.80. The van der Waals surface area contributed by atoms with Crippen LogP contribution in [0.15, 0.2) is 12.5 Å². The van der Waals surface area contributed by atoms with E-state index in [0.717, 1.165) is 0 Å². The molecule has 3 amide bonds. The van der Waals surface area contributed by atoms with Gasteiger partial charge in [-0.05, 0) is 11.8 Å². The summed E-state index contributed by atoms with van der Waals surface area (Å²) in [7, 11) is 0. The van der Waals surface area contributed by atoms with Crippen molar-refractivity contribution in [2.75, 3.05) is 6.61 Å². The molecule has 0 radical (unpaired) electrons. The highest BCUT2D eigenvalue weighted by atomic mass is 16.4. The topological polar surface area (TPSA) is 200 Å². The van der Waals surface area contributed by atoms with Crippen molar-refractivity contribution in [3.63, 3.8) is 0 Å². The van der Waals surface area contributed by atoms with Gasteiger partial charge in [-0.3, -0.25) is 14.4 Å². The third-order valence-electron chi connectivity index (χ3n) is 5.22. The number of aliphatic hydroxyl groups excluding tert-OH is 1. The van der Waals surface area contributed by atoms with Crippen LogP contribution >= 0.6 is 0 Å². The molecule has 0 spiro atoms. The number of hydrogen-bond donors (Lipinski definition) is 7. The molecule has 1 heterocycles. The standard InChI is InChI=1S/C20H34N6O6/c1-5-11(4)16(26-18(29)15(21)10(2)3)19(30)24-13(6-12-7-22-9-23-12)17(28)25-14(8-27)20(31)32/h7,9-11,13-16,27H,5-6,8,21H2,1-4H3,(H,22,23)(H,24,30)(H,25,28)(H,26,29)(H,31,32)/t11-,13-,14-,15-,16-/m0/s1. The Bertz CT molecular complexity index is 769. The molecule has 1 aromatic rings. The van der Waals surface area contributed by atoms with E-state index in [1.165, 1.54) is 12.5 Å². The number of aliphatic hydroxyl groups is 1. The molecule has 0 aliphatic heterocycles. The monoisotopic (exact) mass is 454 g/mol. The Hall–Kier alpha value is -2.99. The van der Waals surface area contributed by atoms with E-state index in [2.05, 4.69) is 25.9 Å². The predicted octanol–water partition coefficient (Wildman–Crippen LogP) is -1.49. The SMILES string of the molecule is CC[C@H](C)[C@H](NC(=O)[C@@H](N)C(C)C)C(=O)N[C@@H](Cc1cnc[nH]1)C(=O)N[C@@H](CO)C(=O)O. The number of carboxylic acid groups (broad SMARTS) is 1. The van der Waals surface area contributed by atoms with E-state index >= 15 is 0 Å². The molecule has 5 atom stereocenters. The van der Waals surface area contributed by atoms with Gasteiger partial charge in [0.1, 0.15) is 18.1 Å². The number of nitrogens with one attached hydrogen (secondary N) is 4.